The van der Waals surface area contributed by atoms with Gasteiger partial charge in [-0.25, -0.2) is 0 Å². The third-order valence-electron chi connectivity index (χ3n) is 19.6. The molecule has 1 unspecified atom stereocenters. The van der Waals surface area contributed by atoms with Gasteiger partial charge in [-0.1, -0.05) is 188 Å². The minimum atomic E-state index is -1.90. The summed E-state index contributed by atoms with van der Waals surface area (Å²) in [5.74, 6) is 14.9. The van der Waals surface area contributed by atoms with Gasteiger partial charge in [-0.15, -0.1) is 0 Å². The molecule has 2 fully saturated rings. The Morgan fingerprint density at radius 2 is 0.882 bits per heavy atom. The molecule has 4 aromatic carbocycles. The second kappa shape index (κ2) is 24.8. The van der Waals surface area contributed by atoms with E-state index in [1.807, 2.05) is 0 Å². The highest BCUT2D eigenvalue weighted by molar-refractivity contribution is 6.75. The number of hydrogen-bond acceptors (Lipinski definition) is 4. The summed E-state index contributed by atoms with van der Waals surface area (Å²) in [6.07, 6.45) is 14.7. The summed E-state index contributed by atoms with van der Waals surface area (Å²) in [4.78, 5) is 12.9. The van der Waals surface area contributed by atoms with Gasteiger partial charge in [0.15, 0.2) is 0 Å². The van der Waals surface area contributed by atoms with Gasteiger partial charge < -0.3 is 14.0 Å². The topological polar surface area (TPSA) is 55.8 Å². The van der Waals surface area contributed by atoms with Crippen LogP contribution in [0, 0.1) is 62.2 Å². The van der Waals surface area contributed by atoms with E-state index in [1.165, 1.54) is 64.6 Å². The molecule has 0 heterocycles. The summed E-state index contributed by atoms with van der Waals surface area (Å²) >= 11 is 0. The van der Waals surface area contributed by atoms with Crippen LogP contribution in [-0.4, -0.2) is 33.6 Å². The maximum atomic E-state index is 12.9. The fourth-order valence-electron chi connectivity index (χ4n) is 11.4. The Bertz CT molecular complexity index is 2750. The predicted octanol–water partition coefficient (Wildman–Crippen LogP) is 19.2. The van der Waals surface area contributed by atoms with Crippen LogP contribution in [0.1, 0.15) is 229 Å². The Labute approximate surface area is 467 Å². The Balaban J connectivity index is 0.000000281. The summed E-state index contributed by atoms with van der Waals surface area (Å²) in [6.45, 7) is 45.0. The Morgan fingerprint density at radius 3 is 1.22 bits per heavy atom. The van der Waals surface area contributed by atoms with Crippen LogP contribution in [-0.2, 0) is 15.6 Å². The highest BCUT2D eigenvalue weighted by Gasteiger charge is 2.42. The van der Waals surface area contributed by atoms with Crippen LogP contribution < -0.4 is 8.85 Å². The maximum absolute atomic E-state index is 12.9. The third kappa shape index (κ3) is 13.9. The van der Waals surface area contributed by atoms with E-state index < -0.39 is 22.7 Å². The molecule has 6 heteroatoms. The maximum Gasteiger partial charge on any atom is 0.250 e. The number of Topliss-reactive ketones (excluding diaryl/α,β-unsaturated/α-hetero) is 1. The van der Waals surface area contributed by atoms with E-state index in [0.717, 1.165) is 92.4 Å². The summed E-state index contributed by atoms with van der Waals surface area (Å²) in [5.41, 5.74) is 11.5. The molecule has 0 bridgehead atoms. The lowest BCUT2D eigenvalue weighted by Gasteiger charge is -2.38. The standard InChI is InChI=1S/C35H52O2Si.C35H50O2Si/c2*1-11-35(12-2,30-19-20-31(27(4)25-30)37-38(9,10)33(5,6)7)29-18-16-28(26(3)24-29)17-21-32(36)34(8)22-14-13-15-23-34/h16,18-20,24-25,32,36H,11-15,22-23H2,1-10H3;16,18-20,24-25H,11-15,22-23H2,1-10H3. The second-order valence-electron chi connectivity index (χ2n) is 26.9. The zero-order valence-electron chi connectivity index (χ0n) is 51.6. The first-order chi connectivity index (χ1) is 35.4. The Hall–Kier alpha value is -4.34. The van der Waals surface area contributed by atoms with Crippen LogP contribution in [0.2, 0.25) is 36.3 Å². The zero-order valence-corrected chi connectivity index (χ0v) is 53.6. The first-order valence-electron chi connectivity index (χ1n) is 29.5. The van der Waals surface area contributed by atoms with Gasteiger partial charge in [0.1, 0.15) is 17.6 Å². The van der Waals surface area contributed by atoms with Crippen LogP contribution in [0.15, 0.2) is 72.8 Å². The van der Waals surface area contributed by atoms with Gasteiger partial charge in [-0.3, -0.25) is 4.79 Å². The molecule has 2 saturated carbocycles. The Kier molecular flexibility index (Phi) is 20.4. The third-order valence-corrected chi connectivity index (χ3v) is 28.3. The zero-order chi connectivity index (χ0) is 56.7. The van der Waals surface area contributed by atoms with Crippen molar-refractivity contribution in [1.82, 2.24) is 0 Å². The molecule has 2 aliphatic rings. The summed E-state index contributed by atoms with van der Waals surface area (Å²) in [5, 5.41) is 11.2. The molecule has 0 saturated heterocycles. The van der Waals surface area contributed by atoms with Crippen LogP contribution in [0.4, 0.5) is 0 Å². The molecule has 414 valence electrons. The van der Waals surface area contributed by atoms with Gasteiger partial charge >= 0.3 is 0 Å². The molecule has 1 N–H and O–H groups in total. The van der Waals surface area contributed by atoms with Gasteiger partial charge in [0.2, 0.25) is 22.4 Å². The first kappa shape index (κ1) is 62.5. The molecule has 2 aliphatic carbocycles. The number of ketones is 1. The molecular formula is C70H102O4Si2. The fraction of sp³-hybridized carbons (Fsp3) is 0.586. The van der Waals surface area contributed by atoms with Gasteiger partial charge in [0.25, 0.3) is 0 Å². The predicted molar refractivity (Wildman–Crippen MR) is 330 cm³/mol. The molecule has 0 amide bonds. The van der Waals surface area contributed by atoms with Gasteiger partial charge in [-0.2, -0.15) is 0 Å². The summed E-state index contributed by atoms with van der Waals surface area (Å²) in [6, 6.07) is 27.0. The van der Waals surface area contributed by atoms with Crippen molar-refractivity contribution in [2.45, 2.75) is 254 Å². The van der Waals surface area contributed by atoms with E-state index in [-0.39, 0.29) is 37.5 Å². The molecule has 4 aromatic rings. The number of carbonyl (C=O) groups excluding carboxylic acids is 1. The van der Waals surface area contributed by atoms with Crippen molar-refractivity contribution < 1.29 is 18.8 Å². The molecular weight excluding hydrogens is 961 g/mol. The van der Waals surface area contributed by atoms with Crippen molar-refractivity contribution in [1.29, 1.82) is 0 Å². The van der Waals surface area contributed by atoms with Crippen molar-refractivity contribution >= 4 is 22.4 Å². The highest BCUT2D eigenvalue weighted by atomic mass is 28.4. The monoisotopic (exact) mass is 1060 g/mol. The summed E-state index contributed by atoms with van der Waals surface area (Å²) in [7, 11) is -3.80. The smallest absolute Gasteiger partial charge is 0.250 e. The minimum absolute atomic E-state index is 0.0634. The highest BCUT2D eigenvalue weighted by Crippen LogP contribution is 2.46. The van der Waals surface area contributed by atoms with Gasteiger partial charge in [0, 0.05) is 32.8 Å². The van der Waals surface area contributed by atoms with Crippen molar-refractivity contribution in [3.63, 3.8) is 0 Å². The molecule has 6 rings (SSSR count). The Morgan fingerprint density at radius 1 is 0.539 bits per heavy atom. The van der Waals surface area contributed by atoms with Crippen molar-refractivity contribution in [3.05, 3.63) is 128 Å². The number of carbonyl (C=O) groups is 1. The number of aryl methyl sites for hydroxylation is 4. The molecule has 4 nitrogen and oxygen atoms in total. The lowest BCUT2D eigenvalue weighted by molar-refractivity contribution is -0.123. The van der Waals surface area contributed by atoms with E-state index in [2.05, 4.69) is 233 Å². The molecule has 0 aliphatic heterocycles. The molecule has 0 spiro atoms. The molecule has 76 heavy (non-hydrogen) atoms. The quantitative estimate of drug-likeness (QED) is 0.101. The largest absolute Gasteiger partial charge is 0.543 e. The average Bonchev–Trinajstić information content (AvgIpc) is 3.36. The SMILES string of the molecule is CCC(CC)(c1ccc(C#CC(=O)C2(C)CCCCC2)c(C)c1)c1ccc(O[Si](C)(C)C(C)(C)C)c(C)c1.CCC(CC)(c1ccc(C#CC(O)C2(C)CCCCC2)c(C)c1)c1ccc(O[Si](C)(C)C(C)(C)C)c(C)c1. The number of benzene rings is 4. The normalized spacial score (nSPS) is 16.4. The molecule has 1 atom stereocenters. The average molecular weight is 1060 g/mol. The number of rotatable bonds is 14. The lowest BCUT2D eigenvalue weighted by atomic mass is 9.70. The first-order valence-corrected chi connectivity index (χ1v) is 35.3. The van der Waals surface area contributed by atoms with E-state index >= 15 is 0 Å². The second-order valence-corrected chi connectivity index (χ2v) is 36.4. The number of aliphatic hydroxyl groups excluding tert-OH is 1. The van der Waals surface area contributed by atoms with Gasteiger partial charge in [-0.05, 0) is 190 Å². The summed E-state index contributed by atoms with van der Waals surface area (Å²) < 4.78 is 13.3. The number of hydrogen-bond donors (Lipinski definition) is 1. The lowest BCUT2D eigenvalue weighted by Crippen LogP contribution is -2.44. The fourth-order valence-corrected chi connectivity index (χ4v) is 13.6. The van der Waals surface area contributed by atoms with Crippen LogP contribution >= 0.6 is 0 Å². The van der Waals surface area contributed by atoms with E-state index in [0.29, 0.717) is 0 Å². The van der Waals surface area contributed by atoms with Gasteiger partial charge in [0.05, 0.1) is 0 Å². The van der Waals surface area contributed by atoms with Crippen molar-refractivity contribution in [3.8, 4) is 35.2 Å². The van der Waals surface area contributed by atoms with E-state index in [4.69, 9.17) is 8.85 Å². The minimum Gasteiger partial charge on any atom is -0.543 e. The van der Waals surface area contributed by atoms with Crippen LogP contribution in [0.5, 0.6) is 11.5 Å². The molecule has 0 radical (unpaired) electrons. The van der Waals surface area contributed by atoms with Crippen LogP contribution in [0.3, 0.4) is 0 Å². The van der Waals surface area contributed by atoms with Crippen molar-refractivity contribution in [2.24, 2.45) is 10.8 Å². The van der Waals surface area contributed by atoms with E-state index in [9.17, 15) is 9.90 Å². The van der Waals surface area contributed by atoms with Crippen LogP contribution in [0.25, 0.3) is 0 Å². The molecule has 0 aromatic heterocycles. The van der Waals surface area contributed by atoms with E-state index in [1.54, 1.807) is 0 Å². The van der Waals surface area contributed by atoms with Crippen molar-refractivity contribution in [2.75, 3.05) is 0 Å². The number of aliphatic hydroxyl groups is 1.